The number of alkyl halides is 3. The molecule has 0 aliphatic carbocycles. The Labute approximate surface area is 136 Å². The van der Waals surface area contributed by atoms with Crippen LogP contribution in [0.3, 0.4) is 0 Å². The van der Waals surface area contributed by atoms with Crippen molar-refractivity contribution in [1.29, 1.82) is 0 Å². The van der Waals surface area contributed by atoms with Gasteiger partial charge >= 0.3 is 6.18 Å². The predicted octanol–water partition coefficient (Wildman–Crippen LogP) is 4.64. The molecule has 0 bridgehead atoms. The highest BCUT2D eigenvalue weighted by Crippen LogP contribution is 2.36. The van der Waals surface area contributed by atoms with E-state index in [9.17, 15) is 33.4 Å². The van der Waals surface area contributed by atoms with Gasteiger partial charge in [-0.1, -0.05) is 0 Å². The van der Waals surface area contributed by atoms with Gasteiger partial charge in [0.25, 0.3) is 11.4 Å². The first kappa shape index (κ1) is 17.5. The third-order valence-electron chi connectivity index (χ3n) is 2.85. The Morgan fingerprint density at radius 1 is 0.958 bits per heavy atom. The number of halogens is 3. The summed E-state index contributed by atoms with van der Waals surface area (Å²) in [4.78, 5) is 20.5. The van der Waals surface area contributed by atoms with Gasteiger partial charge in [-0.15, -0.1) is 0 Å². The second kappa shape index (κ2) is 6.74. The zero-order valence-corrected chi connectivity index (χ0v) is 12.4. The Balaban J connectivity index is 2.20. The van der Waals surface area contributed by atoms with E-state index in [0.717, 1.165) is 24.1 Å². The molecule has 0 fully saturated rings. The van der Waals surface area contributed by atoms with Crippen molar-refractivity contribution in [2.75, 3.05) is 4.72 Å². The maximum atomic E-state index is 12.6. The molecule has 0 radical (unpaired) electrons. The molecule has 0 saturated carbocycles. The first-order valence-corrected chi connectivity index (χ1v) is 7.03. The molecule has 0 saturated heterocycles. The van der Waals surface area contributed by atoms with Crippen molar-refractivity contribution < 1.29 is 23.0 Å². The van der Waals surface area contributed by atoms with Crippen LogP contribution in [-0.4, -0.2) is 9.85 Å². The summed E-state index contributed by atoms with van der Waals surface area (Å²) in [5.41, 5.74) is -2.09. The van der Waals surface area contributed by atoms with Gasteiger partial charge in [-0.05, 0) is 36.2 Å². The van der Waals surface area contributed by atoms with Crippen molar-refractivity contribution in [3.8, 4) is 0 Å². The number of nitro benzene ring substituents is 2. The summed E-state index contributed by atoms with van der Waals surface area (Å²) in [6.45, 7) is 0. The number of nitrogens with one attached hydrogen (secondary N) is 1. The number of nitro groups is 2. The smallest absolute Gasteiger partial charge is 0.320 e. The molecule has 0 aliphatic rings. The third-order valence-corrected chi connectivity index (χ3v) is 3.68. The quantitative estimate of drug-likeness (QED) is 0.474. The Kier molecular flexibility index (Phi) is 4.93. The Hall–Kier alpha value is -2.82. The molecular weight excluding hydrogens is 351 g/mol. The van der Waals surface area contributed by atoms with E-state index in [1.165, 1.54) is 24.3 Å². The van der Waals surface area contributed by atoms with Crippen molar-refractivity contribution in [2.45, 2.75) is 11.1 Å². The van der Waals surface area contributed by atoms with E-state index in [1.807, 2.05) is 0 Å². The van der Waals surface area contributed by atoms with Gasteiger partial charge in [0.2, 0.25) is 0 Å². The highest BCUT2D eigenvalue weighted by atomic mass is 32.2. The molecule has 0 aliphatic heterocycles. The van der Waals surface area contributed by atoms with E-state index in [0.29, 0.717) is 11.0 Å². The number of hydrogen-bond acceptors (Lipinski definition) is 6. The summed E-state index contributed by atoms with van der Waals surface area (Å²) in [6.07, 6.45) is -4.69. The minimum absolute atomic E-state index is 0.114. The maximum absolute atomic E-state index is 12.6. The molecule has 126 valence electrons. The van der Waals surface area contributed by atoms with Crippen LogP contribution in [0.2, 0.25) is 0 Å². The van der Waals surface area contributed by atoms with E-state index < -0.39 is 27.3 Å². The predicted molar refractivity (Wildman–Crippen MR) is 80.7 cm³/mol. The van der Waals surface area contributed by atoms with Crippen molar-refractivity contribution in [1.82, 2.24) is 0 Å². The lowest BCUT2D eigenvalue weighted by atomic mass is 10.1. The molecule has 0 spiro atoms. The van der Waals surface area contributed by atoms with E-state index in [1.54, 1.807) is 0 Å². The Morgan fingerprint density at radius 2 is 1.58 bits per heavy atom. The van der Waals surface area contributed by atoms with Gasteiger partial charge in [0, 0.05) is 23.1 Å². The van der Waals surface area contributed by atoms with Gasteiger partial charge in [0.15, 0.2) is 0 Å². The van der Waals surface area contributed by atoms with Crippen molar-refractivity contribution in [3.63, 3.8) is 0 Å². The lowest BCUT2D eigenvalue weighted by Gasteiger charge is -2.10. The number of rotatable bonds is 5. The molecule has 2 rings (SSSR count). The highest BCUT2D eigenvalue weighted by Gasteiger charge is 2.33. The average Bonchev–Trinajstić information content (AvgIpc) is 2.52. The minimum Gasteiger partial charge on any atom is -0.320 e. The summed E-state index contributed by atoms with van der Waals surface area (Å²) in [5, 5.41) is 21.5. The Morgan fingerprint density at radius 3 is 2.08 bits per heavy atom. The largest absolute Gasteiger partial charge is 0.416 e. The number of anilines is 1. The van der Waals surface area contributed by atoms with Gasteiger partial charge in [0.05, 0.1) is 15.4 Å². The lowest BCUT2D eigenvalue weighted by Crippen LogP contribution is -2.06. The highest BCUT2D eigenvalue weighted by molar-refractivity contribution is 8.00. The zero-order valence-electron chi connectivity index (χ0n) is 11.6. The van der Waals surface area contributed by atoms with Crippen LogP contribution < -0.4 is 4.72 Å². The van der Waals surface area contributed by atoms with E-state index in [-0.39, 0.29) is 11.4 Å². The second-order valence-corrected chi connectivity index (χ2v) is 5.32. The normalized spacial score (nSPS) is 11.1. The maximum Gasteiger partial charge on any atom is 0.416 e. The van der Waals surface area contributed by atoms with Gasteiger partial charge < -0.3 is 4.72 Å². The van der Waals surface area contributed by atoms with Crippen LogP contribution in [0.5, 0.6) is 0 Å². The molecule has 0 atom stereocenters. The zero-order chi connectivity index (χ0) is 17.9. The molecule has 0 unspecified atom stereocenters. The van der Waals surface area contributed by atoms with Gasteiger partial charge in [-0.25, -0.2) is 0 Å². The van der Waals surface area contributed by atoms with E-state index in [2.05, 4.69) is 4.72 Å². The molecule has 24 heavy (non-hydrogen) atoms. The molecule has 0 heterocycles. The number of benzene rings is 2. The summed E-state index contributed by atoms with van der Waals surface area (Å²) in [5.74, 6) is 0. The molecule has 0 aromatic heterocycles. The summed E-state index contributed by atoms with van der Waals surface area (Å²) >= 11 is 0.881. The molecule has 7 nitrogen and oxygen atoms in total. The van der Waals surface area contributed by atoms with Crippen molar-refractivity contribution in [2.24, 2.45) is 0 Å². The lowest BCUT2D eigenvalue weighted by molar-refractivity contribution is -0.384. The fourth-order valence-corrected chi connectivity index (χ4v) is 2.37. The monoisotopic (exact) mass is 359 g/mol. The molecule has 0 amide bonds. The second-order valence-electron chi connectivity index (χ2n) is 4.44. The topological polar surface area (TPSA) is 98.3 Å². The van der Waals surface area contributed by atoms with Crippen molar-refractivity contribution >= 4 is 29.0 Å². The van der Waals surface area contributed by atoms with Crippen LogP contribution >= 0.6 is 11.9 Å². The first-order valence-electron chi connectivity index (χ1n) is 6.21. The summed E-state index contributed by atoms with van der Waals surface area (Å²) in [7, 11) is 0. The van der Waals surface area contributed by atoms with Crippen LogP contribution in [0.15, 0.2) is 47.4 Å². The number of hydrogen-bond donors (Lipinski definition) is 1. The van der Waals surface area contributed by atoms with Gasteiger partial charge in [-0.3, -0.25) is 20.2 Å². The Bertz CT molecular complexity index is 781. The van der Waals surface area contributed by atoms with Crippen LogP contribution in [0.4, 0.5) is 30.2 Å². The standard InChI is InChI=1S/C13H8F3N3O4S/c14-13(15,16)8-1-6-11(12(7-8)19(22)23)17-24-10-4-2-9(3-5-10)18(20)21/h1-7,17H. The fraction of sp³-hybridized carbons (Fsp3) is 0.0769. The van der Waals surface area contributed by atoms with Crippen LogP contribution in [0, 0.1) is 20.2 Å². The van der Waals surface area contributed by atoms with Crippen LogP contribution in [0.1, 0.15) is 5.56 Å². The fourth-order valence-electron chi connectivity index (χ4n) is 1.70. The van der Waals surface area contributed by atoms with E-state index in [4.69, 9.17) is 0 Å². The summed E-state index contributed by atoms with van der Waals surface area (Å²) in [6, 6.07) is 7.43. The third kappa shape index (κ3) is 4.13. The average molecular weight is 359 g/mol. The molecule has 11 heteroatoms. The van der Waals surface area contributed by atoms with Crippen LogP contribution in [-0.2, 0) is 6.18 Å². The number of nitrogens with zero attached hydrogens (tertiary/aromatic N) is 2. The van der Waals surface area contributed by atoms with Crippen LogP contribution in [0.25, 0.3) is 0 Å². The van der Waals surface area contributed by atoms with E-state index >= 15 is 0 Å². The molecule has 2 aromatic carbocycles. The molecular formula is C13H8F3N3O4S. The van der Waals surface area contributed by atoms with Gasteiger partial charge in [-0.2, -0.15) is 13.2 Å². The van der Waals surface area contributed by atoms with Crippen molar-refractivity contribution in [3.05, 3.63) is 68.3 Å². The molecule has 1 N–H and O–H groups in total. The number of non-ortho nitro benzene ring substituents is 1. The minimum atomic E-state index is -4.69. The van der Waals surface area contributed by atoms with Gasteiger partial charge in [0.1, 0.15) is 5.69 Å². The molecule has 2 aromatic rings. The first-order chi connectivity index (χ1) is 11.2. The SMILES string of the molecule is O=[N+]([O-])c1ccc(SNc2ccc(C(F)(F)F)cc2[N+](=O)[O-])cc1. The summed E-state index contributed by atoms with van der Waals surface area (Å²) < 4.78 is 40.4.